The van der Waals surface area contributed by atoms with Crippen LogP contribution in [0.4, 0.5) is 17.6 Å². The molecule has 3 aromatic rings. The summed E-state index contributed by atoms with van der Waals surface area (Å²) in [7, 11) is 0. The van der Waals surface area contributed by atoms with Gasteiger partial charge >= 0.3 is 6.18 Å². The molecule has 0 amide bonds. The van der Waals surface area contributed by atoms with Crippen LogP contribution in [0.1, 0.15) is 23.6 Å². The molecule has 6 heteroatoms. The molecule has 0 saturated carbocycles. The largest absolute Gasteiger partial charge is 0.484 e. The van der Waals surface area contributed by atoms with Crippen molar-refractivity contribution >= 4 is 22.4 Å². The van der Waals surface area contributed by atoms with Crippen molar-refractivity contribution in [3.8, 4) is 17.6 Å². The first-order valence-corrected chi connectivity index (χ1v) is 8.87. The molecule has 0 atom stereocenters. The van der Waals surface area contributed by atoms with Gasteiger partial charge in [-0.1, -0.05) is 54.6 Å². The van der Waals surface area contributed by atoms with Crippen LogP contribution < -0.4 is 4.74 Å². The Morgan fingerprint density at radius 2 is 1.68 bits per heavy atom. The maximum Gasteiger partial charge on any atom is 0.422 e. The summed E-state index contributed by atoms with van der Waals surface area (Å²) in [5.74, 6) is 5.05. The maximum atomic E-state index is 14.7. The van der Waals surface area contributed by atoms with E-state index >= 15 is 0 Å². The molecule has 0 bridgehead atoms. The lowest BCUT2D eigenvalue weighted by Crippen LogP contribution is -2.19. The van der Waals surface area contributed by atoms with Gasteiger partial charge in [0.15, 0.2) is 6.61 Å². The molecule has 0 aromatic heterocycles. The van der Waals surface area contributed by atoms with Gasteiger partial charge < -0.3 is 4.74 Å². The third kappa shape index (κ3) is 4.76. The second-order valence-corrected chi connectivity index (χ2v) is 6.54. The number of aryl methyl sites for hydroxylation is 1. The molecule has 0 aliphatic heterocycles. The van der Waals surface area contributed by atoms with E-state index in [1.807, 2.05) is 19.1 Å². The molecule has 0 aliphatic rings. The summed E-state index contributed by atoms with van der Waals surface area (Å²) in [6.45, 7) is 0.622. The van der Waals surface area contributed by atoms with E-state index in [1.165, 1.54) is 18.2 Å². The average Bonchev–Trinajstić information content (AvgIpc) is 2.66. The van der Waals surface area contributed by atoms with Gasteiger partial charge in [0, 0.05) is 17.0 Å². The van der Waals surface area contributed by atoms with Crippen LogP contribution in [-0.2, 0) is 6.42 Å². The molecular formula is C22H15ClF4O. The van der Waals surface area contributed by atoms with Crippen molar-refractivity contribution in [2.24, 2.45) is 0 Å². The van der Waals surface area contributed by atoms with Crippen LogP contribution in [0, 0.1) is 17.7 Å². The predicted octanol–water partition coefficient (Wildman–Crippen LogP) is 6.54. The average molecular weight is 407 g/mol. The Kier molecular flexibility index (Phi) is 5.81. The zero-order chi connectivity index (χ0) is 20.3. The lowest BCUT2D eigenvalue weighted by atomic mass is 10.0. The standard InChI is InChI=1S/C22H15ClF4O/c1-2-14-3-10-19-17(11-14)7-6-16(21(19)24)5-4-15-8-9-18(12-20(15)23)28-13-22(25,26)27/h3,6-12H,2,13H2,1H3. The van der Waals surface area contributed by atoms with Gasteiger partial charge in [-0.15, -0.1) is 0 Å². The highest BCUT2D eigenvalue weighted by molar-refractivity contribution is 6.31. The highest BCUT2D eigenvalue weighted by Crippen LogP contribution is 2.25. The molecule has 144 valence electrons. The SMILES string of the molecule is CCc1ccc2c(F)c(C#Cc3ccc(OCC(F)(F)F)cc3Cl)ccc2c1. The van der Waals surface area contributed by atoms with Gasteiger partial charge in [0.25, 0.3) is 0 Å². The zero-order valence-corrected chi connectivity index (χ0v) is 15.6. The highest BCUT2D eigenvalue weighted by atomic mass is 35.5. The first-order valence-electron chi connectivity index (χ1n) is 8.49. The van der Waals surface area contributed by atoms with Gasteiger partial charge in [-0.25, -0.2) is 4.39 Å². The number of benzene rings is 3. The van der Waals surface area contributed by atoms with E-state index in [1.54, 1.807) is 18.2 Å². The van der Waals surface area contributed by atoms with Crippen LogP contribution in [-0.4, -0.2) is 12.8 Å². The fraction of sp³-hybridized carbons (Fsp3) is 0.182. The van der Waals surface area contributed by atoms with Crippen molar-refractivity contribution in [3.05, 3.63) is 76.1 Å². The molecule has 0 spiro atoms. The molecular weight excluding hydrogens is 392 g/mol. The van der Waals surface area contributed by atoms with Crippen molar-refractivity contribution < 1.29 is 22.3 Å². The Bertz CT molecular complexity index is 1080. The van der Waals surface area contributed by atoms with E-state index in [0.717, 1.165) is 17.4 Å². The van der Waals surface area contributed by atoms with Gasteiger partial charge in [0.1, 0.15) is 11.6 Å². The van der Waals surface area contributed by atoms with E-state index < -0.39 is 18.6 Å². The van der Waals surface area contributed by atoms with Crippen molar-refractivity contribution in [2.75, 3.05) is 6.61 Å². The zero-order valence-electron chi connectivity index (χ0n) is 14.8. The molecule has 0 N–H and O–H groups in total. The maximum absolute atomic E-state index is 14.7. The fourth-order valence-corrected chi connectivity index (χ4v) is 2.86. The van der Waals surface area contributed by atoms with Crippen LogP contribution in [0.25, 0.3) is 10.8 Å². The van der Waals surface area contributed by atoms with E-state index in [9.17, 15) is 17.6 Å². The number of rotatable bonds is 3. The minimum absolute atomic E-state index is 0.0171. The quantitative estimate of drug-likeness (QED) is 0.354. The molecule has 0 aliphatic carbocycles. The van der Waals surface area contributed by atoms with Crippen molar-refractivity contribution in [2.45, 2.75) is 19.5 Å². The summed E-state index contributed by atoms with van der Waals surface area (Å²) >= 11 is 6.06. The fourth-order valence-electron chi connectivity index (χ4n) is 2.64. The van der Waals surface area contributed by atoms with E-state index in [2.05, 4.69) is 16.6 Å². The van der Waals surface area contributed by atoms with Crippen LogP contribution in [0.5, 0.6) is 5.75 Å². The van der Waals surface area contributed by atoms with Gasteiger partial charge in [-0.05, 0) is 35.6 Å². The Morgan fingerprint density at radius 3 is 2.36 bits per heavy atom. The van der Waals surface area contributed by atoms with Gasteiger partial charge in [0.2, 0.25) is 0 Å². The molecule has 0 saturated heterocycles. The molecule has 0 radical (unpaired) electrons. The normalized spacial score (nSPS) is 11.2. The third-order valence-corrected chi connectivity index (χ3v) is 4.41. The monoisotopic (exact) mass is 406 g/mol. The Morgan fingerprint density at radius 1 is 0.964 bits per heavy atom. The number of hydrogen-bond acceptors (Lipinski definition) is 1. The molecule has 1 nitrogen and oxygen atoms in total. The molecule has 28 heavy (non-hydrogen) atoms. The number of alkyl halides is 3. The van der Waals surface area contributed by atoms with Crippen molar-refractivity contribution in [1.29, 1.82) is 0 Å². The number of ether oxygens (including phenoxy) is 1. The Balaban J connectivity index is 1.86. The number of fused-ring (bicyclic) bond motifs is 1. The number of halogens is 5. The third-order valence-electron chi connectivity index (χ3n) is 4.10. The van der Waals surface area contributed by atoms with E-state index in [0.29, 0.717) is 10.9 Å². The molecule has 0 fully saturated rings. The molecule has 3 aromatic carbocycles. The van der Waals surface area contributed by atoms with Gasteiger partial charge in [-0.3, -0.25) is 0 Å². The predicted molar refractivity (Wildman–Crippen MR) is 102 cm³/mol. The van der Waals surface area contributed by atoms with Gasteiger partial charge in [0.05, 0.1) is 10.6 Å². The first-order chi connectivity index (χ1) is 13.3. The minimum Gasteiger partial charge on any atom is -0.484 e. The molecule has 0 unspecified atom stereocenters. The Hall–Kier alpha value is -2.71. The highest BCUT2D eigenvalue weighted by Gasteiger charge is 2.28. The summed E-state index contributed by atoms with van der Waals surface area (Å²) < 4.78 is 56.0. The lowest BCUT2D eigenvalue weighted by molar-refractivity contribution is -0.153. The van der Waals surface area contributed by atoms with Crippen molar-refractivity contribution in [1.82, 2.24) is 0 Å². The number of hydrogen-bond donors (Lipinski definition) is 0. The van der Waals surface area contributed by atoms with Crippen molar-refractivity contribution in [3.63, 3.8) is 0 Å². The van der Waals surface area contributed by atoms with Crippen LogP contribution in [0.2, 0.25) is 5.02 Å². The summed E-state index contributed by atoms with van der Waals surface area (Å²) in [6.07, 6.45) is -3.57. The summed E-state index contributed by atoms with van der Waals surface area (Å²) in [4.78, 5) is 0. The summed E-state index contributed by atoms with van der Waals surface area (Å²) in [6, 6.07) is 13.0. The second-order valence-electron chi connectivity index (χ2n) is 6.13. The second kappa shape index (κ2) is 8.12. The summed E-state index contributed by atoms with van der Waals surface area (Å²) in [5.41, 5.74) is 1.69. The van der Waals surface area contributed by atoms with E-state index in [-0.39, 0.29) is 16.3 Å². The first kappa shape index (κ1) is 20.0. The van der Waals surface area contributed by atoms with Crippen LogP contribution in [0.15, 0.2) is 48.5 Å². The Labute approximate surface area is 164 Å². The smallest absolute Gasteiger partial charge is 0.422 e. The van der Waals surface area contributed by atoms with E-state index in [4.69, 9.17) is 11.6 Å². The topological polar surface area (TPSA) is 9.23 Å². The lowest BCUT2D eigenvalue weighted by Gasteiger charge is -2.09. The van der Waals surface area contributed by atoms with Crippen LogP contribution >= 0.6 is 11.6 Å². The molecule has 3 rings (SSSR count). The van der Waals surface area contributed by atoms with Crippen LogP contribution in [0.3, 0.4) is 0 Å². The molecule has 0 heterocycles. The summed E-state index contributed by atoms with van der Waals surface area (Å²) in [5, 5.41) is 1.40. The minimum atomic E-state index is -4.43. The van der Waals surface area contributed by atoms with Gasteiger partial charge in [-0.2, -0.15) is 13.2 Å².